The molecular weight excluding hydrogens is 284 g/mol. The maximum Gasteiger partial charge on any atom is 0.131 e. The molecule has 3 nitrogen and oxygen atoms in total. The molecule has 120 valence electrons. The molecule has 0 radical (unpaired) electrons. The Balaban J connectivity index is 1.73. The lowest BCUT2D eigenvalue weighted by atomic mass is 9.62. The first kappa shape index (κ1) is 13.8. The lowest BCUT2D eigenvalue weighted by Crippen LogP contribution is -2.70. The van der Waals surface area contributed by atoms with Crippen molar-refractivity contribution in [3.63, 3.8) is 0 Å². The van der Waals surface area contributed by atoms with Crippen molar-refractivity contribution in [2.75, 3.05) is 20.2 Å². The molecule has 1 unspecified atom stereocenters. The molecule has 2 aromatic rings. The van der Waals surface area contributed by atoms with Crippen LogP contribution in [0.5, 0.6) is 0 Å². The summed E-state index contributed by atoms with van der Waals surface area (Å²) in [5.41, 5.74) is 5.84. The van der Waals surface area contributed by atoms with E-state index in [0.717, 1.165) is 17.4 Å². The van der Waals surface area contributed by atoms with Crippen LogP contribution in [-0.4, -0.2) is 40.8 Å². The molecule has 6 rings (SSSR count). The smallest absolute Gasteiger partial charge is 0.131 e. The summed E-state index contributed by atoms with van der Waals surface area (Å²) in [6.45, 7) is 3.65. The summed E-state index contributed by atoms with van der Waals surface area (Å²) in [6, 6.07) is 9.84. The molecule has 1 aromatic carbocycles. The van der Waals surface area contributed by atoms with Crippen molar-refractivity contribution >= 4 is 10.9 Å². The molecule has 0 amide bonds. The molecular formula is C20H25N2O+. The van der Waals surface area contributed by atoms with E-state index in [1.165, 1.54) is 28.6 Å². The molecule has 0 saturated carbocycles. The number of aliphatic hydroxyl groups is 1. The SMILES string of the molecule is C/C=C1\C[N+]2(C)[C@H]3C[C@@H]1[C@@H](CO)[C@@H]2Cc1c3[nH]c2ccccc12. The van der Waals surface area contributed by atoms with Crippen LogP contribution in [0.25, 0.3) is 10.9 Å². The van der Waals surface area contributed by atoms with E-state index in [1.54, 1.807) is 5.57 Å². The molecule has 23 heavy (non-hydrogen) atoms. The molecule has 5 heterocycles. The first-order chi connectivity index (χ1) is 11.2. The molecule has 1 aromatic heterocycles. The average Bonchev–Trinajstić information content (AvgIpc) is 2.92. The van der Waals surface area contributed by atoms with Gasteiger partial charge in [0.25, 0.3) is 0 Å². The second-order valence-corrected chi connectivity index (χ2v) is 7.91. The Labute approximate surface area is 137 Å². The van der Waals surface area contributed by atoms with Crippen LogP contribution >= 0.6 is 0 Å². The topological polar surface area (TPSA) is 36.0 Å². The Bertz CT molecular complexity index is 820. The van der Waals surface area contributed by atoms with Crippen molar-refractivity contribution in [1.29, 1.82) is 0 Å². The zero-order valence-electron chi connectivity index (χ0n) is 13.9. The van der Waals surface area contributed by atoms with E-state index in [4.69, 9.17) is 0 Å². The number of aliphatic hydroxyl groups excluding tert-OH is 1. The number of hydrogen-bond acceptors (Lipinski definition) is 1. The van der Waals surface area contributed by atoms with Crippen molar-refractivity contribution in [3.8, 4) is 0 Å². The van der Waals surface area contributed by atoms with Gasteiger partial charge in [-0.3, -0.25) is 0 Å². The highest BCUT2D eigenvalue weighted by atomic mass is 16.3. The van der Waals surface area contributed by atoms with Gasteiger partial charge in [-0.15, -0.1) is 0 Å². The average molecular weight is 309 g/mol. The van der Waals surface area contributed by atoms with Gasteiger partial charge in [0.2, 0.25) is 0 Å². The summed E-state index contributed by atoms with van der Waals surface area (Å²) in [4.78, 5) is 3.75. The quantitative estimate of drug-likeness (QED) is 0.616. The summed E-state index contributed by atoms with van der Waals surface area (Å²) < 4.78 is 1.08. The number of benzene rings is 1. The van der Waals surface area contributed by atoms with E-state index in [-0.39, 0.29) is 0 Å². The summed E-state index contributed by atoms with van der Waals surface area (Å²) in [7, 11) is 2.42. The summed E-state index contributed by atoms with van der Waals surface area (Å²) in [5, 5.41) is 11.5. The van der Waals surface area contributed by atoms with E-state index in [2.05, 4.69) is 49.3 Å². The van der Waals surface area contributed by atoms with Gasteiger partial charge < -0.3 is 14.6 Å². The maximum atomic E-state index is 10.1. The normalized spacial score (nSPS) is 39.9. The van der Waals surface area contributed by atoms with Gasteiger partial charge in [-0.1, -0.05) is 24.3 Å². The highest BCUT2D eigenvalue weighted by Crippen LogP contribution is 2.57. The highest BCUT2D eigenvalue weighted by Gasteiger charge is 2.61. The van der Waals surface area contributed by atoms with Gasteiger partial charge in [-0.2, -0.15) is 0 Å². The standard InChI is InChI=1S/C20H25N2O/c1-3-12-10-22(2)18-9-15-13-6-4-5-7-17(13)21-20(15)19(22)8-14(12)16(18)11-23/h3-7,14,16,18-19,21,23H,8-11H2,1-2H3/q+1/b12-3+/t14-,16+,18-,19-,22?/m0/s1. The van der Waals surface area contributed by atoms with E-state index in [0.29, 0.717) is 30.5 Å². The van der Waals surface area contributed by atoms with Gasteiger partial charge in [0.05, 0.1) is 25.4 Å². The van der Waals surface area contributed by atoms with E-state index < -0.39 is 0 Å². The van der Waals surface area contributed by atoms with E-state index in [1.807, 2.05) is 0 Å². The monoisotopic (exact) mass is 309 g/mol. The van der Waals surface area contributed by atoms with Gasteiger partial charge >= 0.3 is 0 Å². The minimum atomic E-state index is 0.324. The zero-order valence-corrected chi connectivity index (χ0v) is 13.9. The van der Waals surface area contributed by atoms with E-state index >= 15 is 0 Å². The molecule has 0 spiro atoms. The molecule has 4 aliphatic heterocycles. The van der Waals surface area contributed by atoms with Crippen LogP contribution in [0.15, 0.2) is 35.9 Å². The fraction of sp³-hybridized carbons (Fsp3) is 0.500. The van der Waals surface area contributed by atoms with Gasteiger partial charge in [0.15, 0.2) is 0 Å². The minimum Gasteiger partial charge on any atom is -0.396 e. The first-order valence-electron chi connectivity index (χ1n) is 8.87. The molecule has 0 aliphatic carbocycles. The number of allylic oxidation sites excluding steroid dienone is 1. The zero-order chi connectivity index (χ0) is 15.8. The van der Waals surface area contributed by atoms with Crippen LogP contribution in [0.4, 0.5) is 0 Å². The van der Waals surface area contributed by atoms with Crippen molar-refractivity contribution in [1.82, 2.24) is 4.98 Å². The number of piperidine rings is 3. The number of nitrogens with one attached hydrogen (secondary N) is 1. The second-order valence-electron chi connectivity index (χ2n) is 7.91. The predicted octanol–water partition coefficient (Wildman–Crippen LogP) is 3.17. The van der Waals surface area contributed by atoms with Crippen LogP contribution in [0.3, 0.4) is 0 Å². The highest BCUT2D eigenvalue weighted by molar-refractivity contribution is 5.85. The van der Waals surface area contributed by atoms with Crippen molar-refractivity contribution in [2.45, 2.75) is 31.8 Å². The number of likely N-dealkylation sites (N-methyl/N-ethyl adjacent to an activating group) is 1. The van der Waals surface area contributed by atoms with Crippen molar-refractivity contribution in [2.24, 2.45) is 11.8 Å². The Morgan fingerprint density at radius 3 is 2.96 bits per heavy atom. The van der Waals surface area contributed by atoms with Crippen molar-refractivity contribution in [3.05, 3.63) is 47.2 Å². The summed E-state index contributed by atoms with van der Waals surface area (Å²) >= 11 is 0. The fourth-order valence-corrected chi connectivity index (χ4v) is 6.02. The number of nitrogens with zero attached hydrogens (tertiary/aromatic N) is 1. The molecule has 3 saturated heterocycles. The summed E-state index contributed by atoms with van der Waals surface area (Å²) in [5.74, 6) is 0.984. The number of H-pyrrole nitrogens is 1. The number of rotatable bonds is 1. The Morgan fingerprint density at radius 2 is 2.17 bits per heavy atom. The van der Waals surface area contributed by atoms with Crippen LogP contribution in [0.1, 0.15) is 30.6 Å². The third-order valence-electron chi connectivity index (χ3n) is 7.13. The predicted molar refractivity (Wildman–Crippen MR) is 92.0 cm³/mol. The third-order valence-corrected chi connectivity index (χ3v) is 7.13. The molecule has 4 bridgehead atoms. The number of quaternary nitrogens is 1. The second kappa shape index (κ2) is 4.49. The molecule has 3 heteroatoms. The van der Waals surface area contributed by atoms with Gasteiger partial charge in [-0.05, 0) is 24.1 Å². The molecule has 3 fully saturated rings. The summed E-state index contributed by atoms with van der Waals surface area (Å²) in [6.07, 6.45) is 4.59. The minimum absolute atomic E-state index is 0.324. The largest absolute Gasteiger partial charge is 0.396 e. The first-order valence-corrected chi connectivity index (χ1v) is 8.87. The number of aromatic nitrogens is 1. The van der Waals surface area contributed by atoms with E-state index in [9.17, 15) is 5.11 Å². The lowest BCUT2D eigenvalue weighted by Gasteiger charge is -2.62. The Morgan fingerprint density at radius 1 is 1.35 bits per heavy atom. The number of para-hydroxylation sites is 1. The van der Waals surface area contributed by atoms with Crippen LogP contribution in [0, 0.1) is 11.8 Å². The van der Waals surface area contributed by atoms with Gasteiger partial charge in [-0.25, -0.2) is 0 Å². The van der Waals surface area contributed by atoms with Crippen LogP contribution in [-0.2, 0) is 6.42 Å². The molecule has 2 N–H and O–H groups in total. The van der Waals surface area contributed by atoms with Crippen LogP contribution in [0.2, 0.25) is 0 Å². The van der Waals surface area contributed by atoms with Crippen LogP contribution < -0.4 is 0 Å². The molecule has 4 aliphatic rings. The third kappa shape index (κ3) is 1.57. The van der Waals surface area contributed by atoms with Gasteiger partial charge in [0, 0.05) is 35.6 Å². The number of fused-ring (bicyclic) bond motifs is 4. The fourth-order valence-electron chi connectivity index (χ4n) is 6.02. The van der Waals surface area contributed by atoms with Gasteiger partial charge in [0.1, 0.15) is 12.6 Å². The Kier molecular flexibility index (Phi) is 2.70. The number of aromatic amines is 1. The molecule has 5 atom stereocenters. The van der Waals surface area contributed by atoms with Crippen molar-refractivity contribution < 1.29 is 9.59 Å². The lowest BCUT2D eigenvalue weighted by molar-refractivity contribution is -0.978. The maximum absolute atomic E-state index is 10.1. The number of hydrogen-bond donors (Lipinski definition) is 2. The Hall–Kier alpha value is -1.58.